The first-order valence-corrected chi connectivity index (χ1v) is 10.8. The quantitative estimate of drug-likeness (QED) is 0.682. The first-order valence-electron chi connectivity index (χ1n) is 9.18. The maximum Gasteiger partial charge on any atom is 0.255 e. The lowest BCUT2D eigenvalue weighted by atomic mass is 10.1. The summed E-state index contributed by atoms with van der Waals surface area (Å²) in [6.45, 7) is 5.82. The Morgan fingerprint density at radius 1 is 1.17 bits per heavy atom. The molecule has 0 bridgehead atoms. The average Bonchev–Trinajstić information content (AvgIpc) is 3.11. The van der Waals surface area contributed by atoms with Crippen LogP contribution in [-0.4, -0.2) is 33.3 Å². The van der Waals surface area contributed by atoms with Crippen LogP contribution in [0.1, 0.15) is 28.4 Å². The van der Waals surface area contributed by atoms with Crippen LogP contribution in [-0.2, 0) is 27.0 Å². The van der Waals surface area contributed by atoms with E-state index >= 15 is 0 Å². The number of carbonyl (C=O) groups excluding carboxylic acids is 2. The largest absolute Gasteiger partial charge is 0.322 e. The predicted molar refractivity (Wildman–Crippen MR) is 113 cm³/mol. The highest BCUT2D eigenvalue weighted by atomic mass is 32.2. The molecule has 0 spiro atoms. The van der Waals surface area contributed by atoms with Crippen molar-refractivity contribution in [2.24, 2.45) is 0 Å². The second-order valence-corrected chi connectivity index (χ2v) is 8.62. The Balaban J connectivity index is 1.66. The number of hydrogen-bond donors (Lipinski definition) is 2. The van der Waals surface area contributed by atoms with Crippen molar-refractivity contribution in [3.63, 3.8) is 0 Å². The smallest absolute Gasteiger partial charge is 0.255 e. The van der Waals surface area contributed by atoms with Gasteiger partial charge in [-0.1, -0.05) is 18.2 Å². The van der Waals surface area contributed by atoms with Crippen molar-refractivity contribution in [3.05, 3.63) is 71.8 Å². The van der Waals surface area contributed by atoms with E-state index in [9.17, 15) is 18.0 Å². The van der Waals surface area contributed by atoms with Gasteiger partial charge in [-0.2, -0.15) is 0 Å². The highest BCUT2D eigenvalue weighted by Crippen LogP contribution is 2.29. The highest BCUT2D eigenvalue weighted by Gasteiger charge is 2.23. The van der Waals surface area contributed by atoms with Gasteiger partial charge in [0.15, 0.2) is 0 Å². The molecule has 3 rings (SSSR count). The molecule has 0 unspecified atom stereocenters. The summed E-state index contributed by atoms with van der Waals surface area (Å²) < 4.78 is 26.2. The predicted octanol–water partition coefficient (Wildman–Crippen LogP) is 2.45. The van der Waals surface area contributed by atoms with Gasteiger partial charge in [0.05, 0.1) is 5.75 Å². The minimum Gasteiger partial charge on any atom is -0.322 e. The number of sulfonamides is 1. The number of benzene rings is 2. The maximum absolute atomic E-state index is 12.6. The van der Waals surface area contributed by atoms with E-state index in [0.717, 1.165) is 17.7 Å². The Morgan fingerprint density at radius 3 is 2.55 bits per heavy atom. The lowest BCUT2D eigenvalue weighted by Gasteiger charge is -2.14. The highest BCUT2D eigenvalue weighted by molar-refractivity contribution is 7.88. The summed E-state index contributed by atoms with van der Waals surface area (Å²) in [7, 11) is -3.43. The van der Waals surface area contributed by atoms with Crippen molar-refractivity contribution in [2.45, 2.75) is 19.1 Å². The zero-order chi connectivity index (χ0) is 21.0. The minimum atomic E-state index is -3.43. The SMILES string of the molecule is C=CCNS(=O)(=O)Cc1ccc(NC(=O)c2ccc3c(c2)CCN3C(C)=O)cc1. The van der Waals surface area contributed by atoms with Crippen LogP contribution in [0.3, 0.4) is 0 Å². The molecule has 0 saturated heterocycles. The van der Waals surface area contributed by atoms with Crippen molar-refractivity contribution < 1.29 is 18.0 Å². The van der Waals surface area contributed by atoms with Crippen LogP contribution in [0.5, 0.6) is 0 Å². The van der Waals surface area contributed by atoms with E-state index < -0.39 is 10.0 Å². The summed E-state index contributed by atoms with van der Waals surface area (Å²) in [6, 6.07) is 12.0. The molecule has 1 aliphatic rings. The van der Waals surface area contributed by atoms with E-state index in [1.165, 1.54) is 13.0 Å². The molecule has 0 atom stereocenters. The van der Waals surface area contributed by atoms with Crippen molar-refractivity contribution >= 4 is 33.2 Å². The molecule has 0 saturated carbocycles. The first-order chi connectivity index (χ1) is 13.8. The lowest BCUT2D eigenvalue weighted by molar-refractivity contribution is -0.116. The molecular weight excluding hydrogens is 390 g/mol. The number of anilines is 2. The van der Waals surface area contributed by atoms with E-state index in [2.05, 4.69) is 16.6 Å². The molecular formula is C21H23N3O4S. The summed E-state index contributed by atoms with van der Waals surface area (Å²) >= 11 is 0. The Hall–Kier alpha value is -2.97. The summed E-state index contributed by atoms with van der Waals surface area (Å²) in [5, 5.41) is 2.81. The van der Waals surface area contributed by atoms with Crippen LogP contribution in [0.25, 0.3) is 0 Å². The van der Waals surface area contributed by atoms with Crippen LogP contribution in [0.15, 0.2) is 55.1 Å². The fourth-order valence-corrected chi connectivity index (χ4v) is 4.32. The van der Waals surface area contributed by atoms with Crippen LogP contribution in [0, 0.1) is 0 Å². The molecule has 2 amide bonds. The topological polar surface area (TPSA) is 95.6 Å². The lowest BCUT2D eigenvalue weighted by Crippen LogP contribution is -2.25. The molecule has 0 aliphatic carbocycles. The maximum atomic E-state index is 12.6. The number of carbonyl (C=O) groups is 2. The van der Waals surface area contributed by atoms with Crippen molar-refractivity contribution in [2.75, 3.05) is 23.3 Å². The summed E-state index contributed by atoms with van der Waals surface area (Å²) in [4.78, 5) is 25.9. The zero-order valence-electron chi connectivity index (χ0n) is 16.1. The van der Waals surface area contributed by atoms with E-state index in [-0.39, 0.29) is 24.1 Å². The number of hydrogen-bond acceptors (Lipinski definition) is 4. The Bertz CT molecular complexity index is 1050. The third-order valence-corrected chi connectivity index (χ3v) is 5.95. The van der Waals surface area contributed by atoms with Crippen molar-refractivity contribution in [1.82, 2.24) is 4.72 Å². The fraction of sp³-hybridized carbons (Fsp3) is 0.238. The van der Waals surface area contributed by atoms with Gasteiger partial charge in [0.1, 0.15) is 0 Å². The third-order valence-electron chi connectivity index (χ3n) is 4.63. The van der Waals surface area contributed by atoms with E-state index in [1.807, 2.05) is 0 Å². The average molecular weight is 413 g/mol. The van der Waals surface area contributed by atoms with Gasteiger partial charge >= 0.3 is 0 Å². The van der Waals surface area contributed by atoms with Gasteiger partial charge in [-0.25, -0.2) is 13.1 Å². The molecule has 152 valence electrons. The van der Waals surface area contributed by atoms with Gasteiger partial charge in [-0.3, -0.25) is 9.59 Å². The minimum absolute atomic E-state index is 0.0113. The van der Waals surface area contributed by atoms with Crippen LogP contribution in [0.2, 0.25) is 0 Å². The molecule has 1 heterocycles. The standard InChI is InChI=1S/C21H23N3O4S/c1-3-11-22-29(27,28)14-16-4-7-19(8-5-16)23-21(26)18-6-9-20-17(13-18)10-12-24(20)15(2)25/h3-9,13,22H,1,10-12,14H2,2H3,(H,23,26). The van der Waals surface area contributed by atoms with Gasteiger partial charge in [0.2, 0.25) is 15.9 Å². The second kappa shape index (κ2) is 8.59. The second-order valence-electron chi connectivity index (χ2n) is 6.81. The molecule has 2 N–H and O–H groups in total. The Labute approximate surface area is 170 Å². The van der Waals surface area contributed by atoms with E-state index in [1.54, 1.807) is 47.4 Å². The van der Waals surface area contributed by atoms with Gasteiger partial charge in [0, 0.05) is 37.0 Å². The van der Waals surface area contributed by atoms with Crippen LogP contribution in [0.4, 0.5) is 11.4 Å². The van der Waals surface area contributed by atoms with Crippen molar-refractivity contribution in [3.8, 4) is 0 Å². The summed E-state index contributed by atoms with van der Waals surface area (Å²) in [5.74, 6) is -0.420. The number of fused-ring (bicyclic) bond motifs is 1. The molecule has 7 nitrogen and oxygen atoms in total. The fourth-order valence-electron chi connectivity index (χ4n) is 3.21. The van der Waals surface area contributed by atoms with Gasteiger partial charge in [0.25, 0.3) is 5.91 Å². The zero-order valence-corrected chi connectivity index (χ0v) is 17.0. The normalized spacial score (nSPS) is 13.1. The van der Waals surface area contributed by atoms with Crippen LogP contribution >= 0.6 is 0 Å². The number of nitrogens with zero attached hydrogens (tertiary/aromatic N) is 1. The number of nitrogens with one attached hydrogen (secondary N) is 2. The van der Waals surface area contributed by atoms with Gasteiger partial charge in [-0.15, -0.1) is 6.58 Å². The van der Waals surface area contributed by atoms with E-state index in [4.69, 9.17) is 0 Å². The van der Waals surface area contributed by atoms with Gasteiger partial charge in [-0.05, 0) is 47.9 Å². The molecule has 2 aromatic rings. The molecule has 0 radical (unpaired) electrons. The number of amides is 2. The van der Waals surface area contributed by atoms with Crippen molar-refractivity contribution in [1.29, 1.82) is 0 Å². The number of rotatable bonds is 7. The van der Waals surface area contributed by atoms with E-state index in [0.29, 0.717) is 23.4 Å². The Morgan fingerprint density at radius 2 is 1.90 bits per heavy atom. The van der Waals surface area contributed by atoms with Gasteiger partial charge < -0.3 is 10.2 Å². The molecule has 0 fully saturated rings. The van der Waals surface area contributed by atoms with Crippen LogP contribution < -0.4 is 14.9 Å². The first kappa shape index (κ1) is 20.8. The summed E-state index contributed by atoms with van der Waals surface area (Å²) in [6.07, 6.45) is 2.20. The molecule has 8 heteroatoms. The molecule has 29 heavy (non-hydrogen) atoms. The summed E-state index contributed by atoms with van der Waals surface area (Å²) in [5.41, 5.74) is 3.52. The third kappa shape index (κ3) is 5.10. The molecule has 2 aromatic carbocycles. The molecule has 1 aliphatic heterocycles. The monoisotopic (exact) mass is 413 g/mol. The molecule has 0 aromatic heterocycles. The Kier molecular flexibility index (Phi) is 6.14.